The summed E-state index contributed by atoms with van der Waals surface area (Å²) < 4.78 is 4.68. The second kappa shape index (κ2) is 7.40. The Bertz CT molecular complexity index is 565. The number of rotatable bonds is 6. The van der Waals surface area contributed by atoms with Crippen LogP contribution in [-0.2, 0) is 20.7 Å². The Hall–Kier alpha value is -1.47. The van der Waals surface area contributed by atoms with Crippen LogP contribution in [0.1, 0.15) is 44.2 Å². The number of hydrogen-bond acceptors (Lipinski definition) is 6. The lowest BCUT2D eigenvalue weighted by Crippen LogP contribution is -2.49. The SMILES string of the molecule is COC(=O)Cc1csc(N(C(=O)CC2CC2)N2CCCCC2)n1. The minimum atomic E-state index is -0.310. The number of carbonyl (C=O) groups excluding carboxylic acids is 2. The smallest absolute Gasteiger partial charge is 0.311 e. The zero-order valence-electron chi connectivity index (χ0n) is 13.5. The number of amides is 1. The number of hydrazine groups is 1. The van der Waals surface area contributed by atoms with E-state index in [2.05, 4.69) is 14.7 Å². The van der Waals surface area contributed by atoms with Crippen LogP contribution in [0.4, 0.5) is 5.13 Å². The largest absolute Gasteiger partial charge is 0.469 e. The van der Waals surface area contributed by atoms with Gasteiger partial charge in [0.15, 0.2) is 0 Å². The quantitative estimate of drug-likeness (QED) is 0.746. The van der Waals surface area contributed by atoms with E-state index in [1.807, 2.05) is 5.38 Å². The maximum absolute atomic E-state index is 12.7. The van der Waals surface area contributed by atoms with Crippen molar-refractivity contribution in [2.24, 2.45) is 5.92 Å². The van der Waals surface area contributed by atoms with Crippen molar-refractivity contribution in [3.05, 3.63) is 11.1 Å². The highest BCUT2D eigenvalue weighted by molar-refractivity contribution is 7.14. The van der Waals surface area contributed by atoms with Crippen LogP contribution in [0, 0.1) is 5.92 Å². The summed E-state index contributed by atoms with van der Waals surface area (Å²) in [4.78, 5) is 28.6. The van der Waals surface area contributed by atoms with Gasteiger partial charge in [0.1, 0.15) is 0 Å². The maximum Gasteiger partial charge on any atom is 0.311 e. The van der Waals surface area contributed by atoms with Gasteiger partial charge < -0.3 is 4.74 Å². The second-order valence-electron chi connectivity index (χ2n) is 6.24. The monoisotopic (exact) mass is 337 g/mol. The van der Waals surface area contributed by atoms with Gasteiger partial charge >= 0.3 is 5.97 Å². The molecule has 1 aromatic heterocycles. The molecule has 1 aliphatic heterocycles. The van der Waals surface area contributed by atoms with Gasteiger partial charge in [-0.25, -0.2) is 15.0 Å². The molecule has 0 bridgehead atoms. The Balaban J connectivity index is 1.75. The molecule has 6 nitrogen and oxygen atoms in total. The van der Waals surface area contributed by atoms with E-state index in [9.17, 15) is 9.59 Å². The molecule has 0 aromatic carbocycles. The molecule has 2 heterocycles. The van der Waals surface area contributed by atoms with Crippen molar-refractivity contribution in [3.8, 4) is 0 Å². The zero-order valence-corrected chi connectivity index (χ0v) is 14.3. The normalized spacial score (nSPS) is 18.7. The highest BCUT2D eigenvalue weighted by atomic mass is 32.1. The molecule has 23 heavy (non-hydrogen) atoms. The van der Waals surface area contributed by atoms with Crippen LogP contribution in [0.2, 0.25) is 0 Å². The molecular weight excluding hydrogens is 314 g/mol. The van der Waals surface area contributed by atoms with E-state index in [4.69, 9.17) is 0 Å². The van der Waals surface area contributed by atoms with Gasteiger partial charge in [-0.15, -0.1) is 11.3 Å². The first-order valence-electron chi connectivity index (χ1n) is 8.26. The van der Waals surface area contributed by atoms with Crippen molar-refractivity contribution in [2.75, 3.05) is 25.2 Å². The lowest BCUT2D eigenvalue weighted by Gasteiger charge is -2.35. The summed E-state index contributed by atoms with van der Waals surface area (Å²) in [7, 11) is 1.37. The van der Waals surface area contributed by atoms with Crippen LogP contribution >= 0.6 is 11.3 Å². The number of carbonyl (C=O) groups is 2. The Morgan fingerprint density at radius 3 is 2.74 bits per heavy atom. The number of piperidine rings is 1. The molecule has 2 aliphatic rings. The summed E-state index contributed by atoms with van der Waals surface area (Å²) in [6.07, 6.45) is 6.49. The number of hydrogen-bond donors (Lipinski definition) is 0. The van der Waals surface area contributed by atoms with Crippen molar-refractivity contribution in [3.63, 3.8) is 0 Å². The Morgan fingerprint density at radius 2 is 2.09 bits per heavy atom. The fraction of sp³-hybridized carbons (Fsp3) is 0.688. The molecule has 1 aliphatic carbocycles. The molecule has 7 heteroatoms. The summed E-state index contributed by atoms with van der Waals surface area (Å²) in [5.74, 6) is 0.369. The van der Waals surface area contributed by atoms with Gasteiger partial charge in [0.05, 0.1) is 19.2 Å². The molecule has 0 atom stereocenters. The minimum absolute atomic E-state index is 0.133. The van der Waals surface area contributed by atoms with Crippen molar-refractivity contribution in [2.45, 2.75) is 44.9 Å². The highest BCUT2D eigenvalue weighted by Gasteiger charge is 2.32. The molecule has 3 rings (SSSR count). The van der Waals surface area contributed by atoms with Crippen molar-refractivity contribution < 1.29 is 14.3 Å². The molecule has 126 valence electrons. The summed E-state index contributed by atoms with van der Waals surface area (Å²) in [5.41, 5.74) is 0.665. The van der Waals surface area contributed by atoms with E-state index in [1.54, 1.807) is 5.01 Å². The second-order valence-corrected chi connectivity index (χ2v) is 7.08. The number of nitrogens with zero attached hydrogens (tertiary/aromatic N) is 3. The van der Waals surface area contributed by atoms with E-state index in [0.717, 1.165) is 38.8 Å². The molecule has 2 fully saturated rings. The van der Waals surface area contributed by atoms with Gasteiger partial charge in [0, 0.05) is 24.9 Å². The third kappa shape index (κ3) is 4.29. The average Bonchev–Trinajstić information content (AvgIpc) is 3.26. The third-order valence-corrected chi connectivity index (χ3v) is 5.15. The predicted octanol–water partition coefficient (Wildman–Crippen LogP) is 2.39. The molecule has 0 radical (unpaired) electrons. The number of methoxy groups -OCH3 is 1. The Labute approximate surface area is 140 Å². The van der Waals surface area contributed by atoms with Crippen LogP contribution < -0.4 is 5.01 Å². The van der Waals surface area contributed by atoms with E-state index in [-0.39, 0.29) is 18.3 Å². The first-order chi connectivity index (χ1) is 11.2. The fourth-order valence-corrected chi connectivity index (χ4v) is 3.68. The average molecular weight is 337 g/mol. The lowest BCUT2D eigenvalue weighted by molar-refractivity contribution is -0.139. The first-order valence-corrected chi connectivity index (χ1v) is 9.14. The van der Waals surface area contributed by atoms with Crippen molar-refractivity contribution in [1.29, 1.82) is 0 Å². The Morgan fingerprint density at radius 1 is 1.35 bits per heavy atom. The zero-order chi connectivity index (χ0) is 16.2. The van der Waals surface area contributed by atoms with Crippen LogP contribution in [0.15, 0.2) is 5.38 Å². The molecule has 1 saturated heterocycles. The van der Waals surface area contributed by atoms with Crippen LogP contribution in [0.25, 0.3) is 0 Å². The van der Waals surface area contributed by atoms with E-state index in [0.29, 0.717) is 23.2 Å². The van der Waals surface area contributed by atoms with E-state index in [1.165, 1.54) is 24.9 Å². The lowest BCUT2D eigenvalue weighted by atomic mass is 10.1. The van der Waals surface area contributed by atoms with Gasteiger partial charge in [-0.05, 0) is 31.6 Å². The molecule has 0 spiro atoms. The van der Waals surface area contributed by atoms with Crippen LogP contribution in [0.3, 0.4) is 0 Å². The number of thiazole rings is 1. The van der Waals surface area contributed by atoms with Crippen LogP contribution in [0.5, 0.6) is 0 Å². The molecule has 1 amide bonds. The van der Waals surface area contributed by atoms with Gasteiger partial charge in [0.2, 0.25) is 11.0 Å². The fourth-order valence-electron chi connectivity index (χ4n) is 2.81. The first kappa shape index (κ1) is 16.4. The van der Waals surface area contributed by atoms with Gasteiger partial charge in [-0.1, -0.05) is 6.42 Å². The van der Waals surface area contributed by atoms with Crippen molar-refractivity contribution >= 4 is 28.3 Å². The van der Waals surface area contributed by atoms with Crippen molar-refractivity contribution in [1.82, 2.24) is 9.99 Å². The maximum atomic E-state index is 12.7. The predicted molar refractivity (Wildman–Crippen MR) is 88.1 cm³/mol. The summed E-state index contributed by atoms with van der Waals surface area (Å²) in [6.45, 7) is 1.78. The van der Waals surface area contributed by atoms with Gasteiger partial charge in [-0.2, -0.15) is 0 Å². The van der Waals surface area contributed by atoms with Crippen LogP contribution in [-0.4, -0.2) is 42.1 Å². The molecule has 0 unspecified atom stereocenters. The molecule has 1 saturated carbocycles. The molecular formula is C16H23N3O3S. The highest BCUT2D eigenvalue weighted by Crippen LogP contribution is 2.34. The number of ether oxygens (including phenoxy) is 1. The summed E-state index contributed by atoms with van der Waals surface area (Å²) in [5, 5.41) is 6.40. The number of esters is 1. The summed E-state index contributed by atoms with van der Waals surface area (Å²) >= 11 is 1.42. The Kier molecular flexibility index (Phi) is 5.27. The topological polar surface area (TPSA) is 62.7 Å². The third-order valence-electron chi connectivity index (χ3n) is 4.29. The van der Waals surface area contributed by atoms with Gasteiger partial charge in [-0.3, -0.25) is 9.59 Å². The minimum Gasteiger partial charge on any atom is -0.469 e. The molecule has 1 aromatic rings. The van der Waals surface area contributed by atoms with Gasteiger partial charge in [0.25, 0.3) is 0 Å². The number of anilines is 1. The summed E-state index contributed by atoms with van der Waals surface area (Å²) in [6, 6.07) is 0. The number of aromatic nitrogens is 1. The van der Waals surface area contributed by atoms with E-state index >= 15 is 0 Å². The standard InChI is InChI=1S/C16H23N3O3S/c1-22-15(21)10-13-11-23-16(17-13)19(14(20)9-12-5-6-12)18-7-3-2-4-8-18/h11-12H,2-10H2,1H3. The van der Waals surface area contributed by atoms with E-state index < -0.39 is 0 Å². The molecule has 0 N–H and O–H groups in total.